The second kappa shape index (κ2) is 9.48. The number of aromatic nitrogens is 2. The first-order chi connectivity index (χ1) is 15.3. The number of aryl methyl sites for hydroxylation is 2. The van der Waals surface area contributed by atoms with Crippen LogP contribution in [0.25, 0.3) is 10.2 Å². The van der Waals surface area contributed by atoms with E-state index in [0.29, 0.717) is 10.4 Å². The van der Waals surface area contributed by atoms with Gasteiger partial charge in [0, 0.05) is 23.4 Å². The first kappa shape index (κ1) is 25.3. The van der Waals surface area contributed by atoms with E-state index in [-0.39, 0.29) is 29.7 Å². The third kappa shape index (κ3) is 5.96. The predicted molar refractivity (Wildman–Crippen MR) is 134 cm³/mol. The number of hydrogen-bond acceptors (Lipinski definition) is 6. The average molecular weight is 489 g/mol. The van der Waals surface area contributed by atoms with Crippen molar-refractivity contribution in [2.45, 2.75) is 72.2 Å². The first-order valence-electron chi connectivity index (χ1n) is 10.9. The molecule has 178 valence electrons. The summed E-state index contributed by atoms with van der Waals surface area (Å²) in [6.45, 7) is 13.9. The second-order valence-electron chi connectivity index (χ2n) is 9.60. The number of benzene rings is 1. The van der Waals surface area contributed by atoms with E-state index in [1.165, 1.54) is 11.3 Å². The van der Waals surface area contributed by atoms with Gasteiger partial charge in [0.1, 0.15) is 10.7 Å². The van der Waals surface area contributed by atoms with E-state index in [1.54, 1.807) is 26.0 Å². The molecule has 9 heteroatoms. The Labute approximate surface area is 200 Å². The molecular weight excluding hydrogens is 456 g/mol. The van der Waals surface area contributed by atoms with Crippen LogP contribution in [0.3, 0.4) is 0 Å². The summed E-state index contributed by atoms with van der Waals surface area (Å²) in [7, 11) is -3.47. The molecule has 0 unspecified atom stereocenters. The number of carbonyl (C=O) groups is 1. The van der Waals surface area contributed by atoms with E-state index >= 15 is 0 Å². The third-order valence-electron chi connectivity index (χ3n) is 5.17. The zero-order valence-corrected chi connectivity index (χ0v) is 21.9. The zero-order chi connectivity index (χ0) is 24.6. The van der Waals surface area contributed by atoms with Gasteiger partial charge in [-0.15, -0.1) is 11.3 Å². The highest BCUT2D eigenvalue weighted by Crippen LogP contribution is 2.33. The van der Waals surface area contributed by atoms with Crippen molar-refractivity contribution in [3.63, 3.8) is 0 Å². The van der Waals surface area contributed by atoms with Crippen LogP contribution >= 0.6 is 11.3 Å². The maximum absolute atomic E-state index is 13.1. The number of thiophene rings is 1. The van der Waals surface area contributed by atoms with Crippen molar-refractivity contribution in [3.8, 4) is 0 Å². The van der Waals surface area contributed by atoms with Gasteiger partial charge in [0.25, 0.3) is 5.91 Å². The Hall–Kier alpha value is -2.36. The largest absolute Gasteiger partial charge is 0.347 e. The van der Waals surface area contributed by atoms with Gasteiger partial charge >= 0.3 is 0 Å². The Morgan fingerprint density at radius 3 is 2.33 bits per heavy atom. The zero-order valence-electron chi connectivity index (χ0n) is 20.2. The van der Waals surface area contributed by atoms with Gasteiger partial charge in [0.05, 0.1) is 16.3 Å². The number of amides is 1. The smallest absolute Gasteiger partial charge is 0.261 e. The van der Waals surface area contributed by atoms with Crippen LogP contribution in [0.2, 0.25) is 0 Å². The molecule has 0 aliphatic carbocycles. The summed E-state index contributed by atoms with van der Waals surface area (Å²) in [5, 5.41) is 3.88. The van der Waals surface area contributed by atoms with Gasteiger partial charge in [0.2, 0.25) is 10.0 Å². The van der Waals surface area contributed by atoms with Crippen LogP contribution in [0.1, 0.15) is 72.5 Å². The summed E-state index contributed by atoms with van der Waals surface area (Å²) < 4.78 is 27.4. The molecule has 2 heterocycles. The Morgan fingerprint density at radius 1 is 1.09 bits per heavy atom. The van der Waals surface area contributed by atoms with Crippen LogP contribution in [-0.4, -0.2) is 30.3 Å². The lowest BCUT2D eigenvalue weighted by molar-refractivity contribution is 0.0954. The van der Waals surface area contributed by atoms with Crippen LogP contribution in [0, 0.1) is 13.8 Å². The number of fused-ring (bicyclic) bond motifs is 1. The topological polar surface area (TPSA) is 101 Å². The molecule has 3 rings (SSSR count). The lowest BCUT2D eigenvalue weighted by Crippen LogP contribution is -2.31. The molecule has 0 saturated heterocycles. The highest BCUT2D eigenvalue weighted by Gasteiger charge is 2.23. The molecule has 0 saturated carbocycles. The molecule has 0 spiro atoms. The van der Waals surface area contributed by atoms with Crippen LogP contribution in [0.5, 0.6) is 0 Å². The molecule has 1 aromatic carbocycles. The normalized spacial score (nSPS) is 12.5. The van der Waals surface area contributed by atoms with E-state index in [4.69, 9.17) is 4.98 Å². The molecule has 0 aliphatic rings. The number of sulfonamides is 1. The Kier molecular flexibility index (Phi) is 7.26. The molecule has 0 aliphatic heterocycles. The van der Waals surface area contributed by atoms with Crippen molar-refractivity contribution in [1.82, 2.24) is 20.0 Å². The molecule has 0 fully saturated rings. The van der Waals surface area contributed by atoms with Gasteiger partial charge in [-0.1, -0.05) is 45.0 Å². The minimum absolute atomic E-state index is 0.135. The quantitative estimate of drug-likeness (QED) is 0.514. The fraction of sp³-hybridized carbons (Fsp3) is 0.458. The minimum atomic E-state index is -3.47. The molecule has 3 aromatic rings. The highest BCUT2D eigenvalue weighted by atomic mass is 32.2. The number of hydrogen-bond donors (Lipinski definition) is 2. The summed E-state index contributed by atoms with van der Waals surface area (Å²) in [6.07, 6.45) is 0. The van der Waals surface area contributed by atoms with E-state index in [0.717, 1.165) is 32.9 Å². The van der Waals surface area contributed by atoms with Crippen LogP contribution in [0.4, 0.5) is 0 Å². The van der Waals surface area contributed by atoms with Crippen molar-refractivity contribution in [2.75, 3.05) is 0 Å². The van der Waals surface area contributed by atoms with Gasteiger partial charge < -0.3 is 5.32 Å². The predicted octanol–water partition coefficient (Wildman–Crippen LogP) is 4.36. The summed E-state index contributed by atoms with van der Waals surface area (Å²) >= 11 is 1.36. The molecular formula is C24H32N4O3S2. The molecule has 7 nitrogen and oxygen atoms in total. The van der Waals surface area contributed by atoms with Crippen LogP contribution in [0.15, 0.2) is 24.3 Å². The lowest BCUT2D eigenvalue weighted by atomic mass is 9.95. The number of carbonyl (C=O) groups excluding carboxylic acids is 1. The van der Waals surface area contributed by atoms with Crippen LogP contribution < -0.4 is 10.0 Å². The van der Waals surface area contributed by atoms with Crippen molar-refractivity contribution in [1.29, 1.82) is 0 Å². The van der Waals surface area contributed by atoms with Gasteiger partial charge in [-0.2, -0.15) is 0 Å². The third-order valence-corrected chi connectivity index (χ3v) is 7.87. The summed E-state index contributed by atoms with van der Waals surface area (Å²) in [4.78, 5) is 23.9. The highest BCUT2D eigenvalue weighted by molar-refractivity contribution is 7.88. The Morgan fingerprint density at radius 2 is 1.73 bits per heavy atom. The molecule has 0 radical (unpaired) electrons. The van der Waals surface area contributed by atoms with Crippen molar-refractivity contribution in [2.24, 2.45) is 0 Å². The number of nitrogens with zero attached hydrogens (tertiary/aromatic N) is 2. The minimum Gasteiger partial charge on any atom is -0.347 e. The molecule has 0 atom stereocenters. The Bertz CT molecular complexity index is 1290. The van der Waals surface area contributed by atoms with Gasteiger partial charge in [-0.3, -0.25) is 4.79 Å². The van der Waals surface area contributed by atoms with Crippen LogP contribution in [-0.2, 0) is 27.7 Å². The molecule has 33 heavy (non-hydrogen) atoms. The van der Waals surface area contributed by atoms with Gasteiger partial charge in [0.15, 0.2) is 0 Å². The van der Waals surface area contributed by atoms with Crippen molar-refractivity contribution < 1.29 is 13.2 Å². The summed E-state index contributed by atoms with van der Waals surface area (Å²) in [5.41, 5.74) is 2.97. The SMILES string of the molecule is Cc1nc(C(C)(C)C)nc2sc(C(=O)NCc3ccccc3CS(=O)(=O)NC(C)C)c(C)c12. The molecule has 1 amide bonds. The maximum Gasteiger partial charge on any atom is 0.261 e. The molecule has 2 aromatic heterocycles. The monoisotopic (exact) mass is 488 g/mol. The second-order valence-corrected chi connectivity index (χ2v) is 12.4. The van der Waals surface area contributed by atoms with Gasteiger partial charge in [-0.05, 0) is 44.4 Å². The van der Waals surface area contributed by atoms with E-state index in [2.05, 4.69) is 35.8 Å². The first-order valence-corrected chi connectivity index (χ1v) is 13.4. The number of rotatable bonds is 7. The molecule has 0 bridgehead atoms. The summed E-state index contributed by atoms with van der Waals surface area (Å²) in [6, 6.07) is 7.08. The average Bonchev–Trinajstić information content (AvgIpc) is 3.02. The lowest BCUT2D eigenvalue weighted by Gasteiger charge is -2.16. The molecule has 2 N–H and O–H groups in total. The van der Waals surface area contributed by atoms with E-state index in [9.17, 15) is 13.2 Å². The maximum atomic E-state index is 13.1. The van der Waals surface area contributed by atoms with E-state index < -0.39 is 10.0 Å². The standard InChI is InChI=1S/C24H32N4O3S2/c1-14(2)28-33(30,31)13-18-11-9-8-10-17(18)12-25-21(29)20-15(3)19-16(4)26-23(24(5,6)7)27-22(19)32-20/h8-11,14,28H,12-13H2,1-7H3,(H,25,29). The number of nitrogens with one attached hydrogen (secondary N) is 2. The van der Waals surface area contributed by atoms with E-state index in [1.807, 2.05) is 26.0 Å². The summed E-state index contributed by atoms with van der Waals surface area (Å²) in [5.74, 6) is 0.416. The fourth-order valence-electron chi connectivity index (χ4n) is 3.62. The van der Waals surface area contributed by atoms with Gasteiger partial charge in [-0.25, -0.2) is 23.1 Å². The van der Waals surface area contributed by atoms with Crippen molar-refractivity contribution >= 4 is 37.5 Å². The van der Waals surface area contributed by atoms with Crippen molar-refractivity contribution in [3.05, 3.63) is 57.4 Å². The Balaban J connectivity index is 1.84. The fourth-order valence-corrected chi connectivity index (χ4v) is 6.26.